The minimum absolute atomic E-state index is 0.708. The van der Waals surface area contributed by atoms with Crippen LogP contribution in [0.25, 0.3) is 0 Å². The van der Waals surface area contributed by atoms with Crippen LogP contribution in [0.4, 0.5) is 0 Å². The lowest BCUT2D eigenvalue weighted by molar-refractivity contribution is 0.540. The van der Waals surface area contributed by atoms with Crippen LogP contribution in [0.1, 0.15) is 96.8 Å². The molecule has 37 heavy (non-hydrogen) atoms. The van der Waals surface area contributed by atoms with E-state index in [1.807, 2.05) is 0 Å². The number of nitrogens with one attached hydrogen (secondary N) is 6. The molecule has 0 fully saturated rings. The van der Waals surface area contributed by atoms with Crippen molar-refractivity contribution in [2.75, 3.05) is 85.1 Å². The number of hydrogen-bond acceptors (Lipinski definition) is 7. The Morgan fingerprint density at radius 1 is 0.378 bits per heavy atom. The van der Waals surface area contributed by atoms with E-state index in [1.165, 1.54) is 89.9 Å². The molecule has 7 heteroatoms. The van der Waals surface area contributed by atoms with E-state index in [9.17, 15) is 0 Å². The number of rotatable bonds is 33. The molecule has 0 amide bonds. The summed E-state index contributed by atoms with van der Waals surface area (Å²) in [5.41, 5.74) is 5.44. The summed E-state index contributed by atoms with van der Waals surface area (Å²) >= 11 is 0. The van der Waals surface area contributed by atoms with Gasteiger partial charge in [-0.25, -0.2) is 0 Å². The third kappa shape index (κ3) is 35.5. The van der Waals surface area contributed by atoms with Crippen molar-refractivity contribution in [1.82, 2.24) is 31.9 Å². The maximum atomic E-state index is 5.44. The minimum atomic E-state index is 0.708. The molecule has 222 valence electrons. The smallest absolute Gasteiger partial charge is 0.00772 e. The maximum absolute atomic E-state index is 5.44. The Labute approximate surface area is 231 Å². The topological polar surface area (TPSA) is 98.2 Å². The number of hydrogen-bond donors (Lipinski definition) is 7. The highest BCUT2D eigenvalue weighted by atomic mass is 15.0. The number of nitrogens with two attached hydrogens (primary N) is 1. The molecule has 0 heterocycles. The lowest BCUT2D eigenvalue weighted by atomic mass is 10.1. The standard InChI is InChI=1S/C30H67N7/c1-2-3-4-5-6-7-8-9-10-11-12-13-14-15-16-17-19-32-21-23-34-25-27-36-29-30-37-28-26-35-24-22-33-20-18-31/h9-10,32-37H,2-8,11-31H2,1H3. The molecule has 0 aliphatic rings. The molecule has 0 saturated heterocycles. The quantitative estimate of drug-likeness (QED) is 0.0520. The first-order valence-corrected chi connectivity index (χ1v) is 16.0. The van der Waals surface area contributed by atoms with Gasteiger partial charge in [-0.3, -0.25) is 0 Å². The van der Waals surface area contributed by atoms with E-state index >= 15 is 0 Å². The molecule has 0 aromatic carbocycles. The van der Waals surface area contributed by atoms with Crippen LogP contribution in [-0.2, 0) is 0 Å². The van der Waals surface area contributed by atoms with E-state index < -0.39 is 0 Å². The van der Waals surface area contributed by atoms with Gasteiger partial charge in [0, 0.05) is 78.5 Å². The molecule has 8 N–H and O–H groups in total. The van der Waals surface area contributed by atoms with E-state index in [-0.39, 0.29) is 0 Å². The summed E-state index contributed by atoms with van der Waals surface area (Å²) in [6, 6.07) is 0. The van der Waals surface area contributed by atoms with E-state index in [1.54, 1.807) is 0 Å². The Balaban J connectivity index is 3.05. The second-order valence-electron chi connectivity index (χ2n) is 10.2. The molecule has 0 bridgehead atoms. The van der Waals surface area contributed by atoms with Crippen molar-refractivity contribution in [3.05, 3.63) is 12.2 Å². The van der Waals surface area contributed by atoms with Crippen molar-refractivity contribution >= 4 is 0 Å². The molecule has 0 saturated carbocycles. The third-order valence-corrected chi connectivity index (χ3v) is 6.58. The average molecular weight is 526 g/mol. The van der Waals surface area contributed by atoms with E-state index in [0.717, 1.165) is 78.5 Å². The lowest BCUT2D eigenvalue weighted by Gasteiger charge is -2.09. The molecule has 0 atom stereocenters. The van der Waals surface area contributed by atoms with E-state index in [2.05, 4.69) is 51.0 Å². The average Bonchev–Trinajstić information content (AvgIpc) is 2.91. The molecule has 0 aromatic heterocycles. The van der Waals surface area contributed by atoms with Gasteiger partial charge in [0.15, 0.2) is 0 Å². The van der Waals surface area contributed by atoms with Gasteiger partial charge >= 0.3 is 0 Å². The molecule has 0 aromatic rings. The zero-order chi connectivity index (χ0) is 26.7. The summed E-state index contributed by atoms with van der Waals surface area (Å²) < 4.78 is 0. The molecular formula is C30H67N7. The molecule has 7 nitrogen and oxygen atoms in total. The number of allylic oxidation sites excluding steroid dienone is 2. The first kappa shape index (κ1) is 36.5. The molecule has 0 spiro atoms. The van der Waals surface area contributed by atoms with Gasteiger partial charge < -0.3 is 37.6 Å². The van der Waals surface area contributed by atoms with Gasteiger partial charge in [0.05, 0.1) is 0 Å². The highest BCUT2D eigenvalue weighted by Crippen LogP contribution is 2.09. The van der Waals surface area contributed by atoms with Gasteiger partial charge in [0.1, 0.15) is 0 Å². The van der Waals surface area contributed by atoms with Crippen molar-refractivity contribution in [2.45, 2.75) is 96.8 Å². The van der Waals surface area contributed by atoms with Crippen LogP contribution < -0.4 is 37.6 Å². The summed E-state index contributed by atoms with van der Waals surface area (Å²) in [5.74, 6) is 0. The second kappa shape index (κ2) is 35.5. The minimum Gasteiger partial charge on any atom is -0.329 e. The van der Waals surface area contributed by atoms with Crippen LogP contribution in [0, 0.1) is 0 Å². The summed E-state index contributed by atoms with van der Waals surface area (Å²) in [6.07, 6.45) is 24.1. The molecule has 0 aliphatic heterocycles. The highest BCUT2D eigenvalue weighted by Gasteiger charge is 1.94. The molecule has 0 radical (unpaired) electrons. The largest absolute Gasteiger partial charge is 0.329 e. The Kier molecular flexibility index (Phi) is 34.9. The zero-order valence-electron chi connectivity index (χ0n) is 24.8. The first-order valence-electron chi connectivity index (χ1n) is 16.0. The lowest BCUT2D eigenvalue weighted by Crippen LogP contribution is -2.37. The summed E-state index contributed by atoms with van der Waals surface area (Å²) in [5, 5.41) is 20.7. The fourth-order valence-electron chi connectivity index (χ4n) is 4.23. The van der Waals surface area contributed by atoms with Gasteiger partial charge in [0.25, 0.3) is 0 Å². The van der Waals surface area contributed by atoms with Crippen molar-refractivity contribution < 1.29 is 0 Å². The van der Waals surface area contributed by atoms with Crippen LogP contribution in [-0.4, -0.2) is 85.1 Å². The Hall–Kier alpha value is -0.540. The normalized spacial score (nSPS) is 11.7. The van der Waals surface area contributed by atoms with Gasteiger partial charge in [-0.2, -0.15) is 0 Å². The molecule has 0 aliphatic carbocycles. The van der Waals surface area contributed by atoms with Crippen LogP contribution in [0.15, 0.2) is 12.2 Å². The maximum Gasteiger partial charge on any atom is 0.00772 e. The fraction of sp³-hybridized carbons (Fsp3) is 0.933. The molecule has 0 unspecified atom stereocenters. The fourth-order valence-corrected chi connectivity index (χ4v) is 4.23. The Morgan fingerprint density at radius 2 is 0.703 bits per heavy atom. The molecule has 0 rings (SSSR count). The molecular weight excluding hydrogens is 458 g/mol. The Morgan fingerprint density at radius 3 is 1.11 bits per heavy atom. The Bertz CT molecular complexity index is 421. The number of unbranched alkanes of at least 4 members (excludes halogenated alkanes) is 12. The second-order valence-corrected chi connectivity index (χ2v) is 10.2. The van der Waals surface area contributed by atoms with E-state index in [0.29, 0.717) is 6.54 Å². The third-order valence-electron chi connectivity index (χ3n) is 6.58. The SMILES string of the molecule is CCCCCCCCC=CCCCCCCCCNCCNCCNCCNCCNCCNCCN. The first-order chi connectivity index (χ1) is 18.4. The van der Waals surface area contributed by atoms with Crippen LogP contribution in [0.5, 0.6) is 0 Å². The summed E-state index contributed by atoms with van der Waals surface area (Å²) in [7, 11) is 0. The van der Waals surface area contributed by atoms with Crippen molar-refractivity contribution in [2.24, 2.45) is 5.73 Å². The van der Waals surface area contributed by atoms with Crippen LogP contribution in [0.2, 0.25) is 0 Å². The van der Waals surface area contributed by atoms with Gasteiger partial charge in [-0.05, 0) is 38.6 Å². The summed E-state index contributed by atoms with van der Waals surface area (Å²) in [4.78, 5) is 0. The van der Waals surface area contributed by atoms with Crippen molar-refractivity contribution in [1.29, 1.82) is 0 Å². The highest BCUT2D eigenvalue weighted by molar-refractivity contribution is 4.81. The zero-order valence-corrected chi connectivity index (χ0v) is 24.8. The predicted molar refractivity (Wildman–Crippen MR) is 166 cm³/mol. The van der Waals surface area contributed by atoms with Gasteiger partial charge in [-0.15, -0.1) is 0 Å². The summed E-state index contributed by atoms with van der Waals surface area (Å²) in [6.45, 7) is 15.3. The van der Waals surface area contributed by atoms with Gasteiger partial charge in [-0.1, -0.05) is 76.9 Å². The van der Waals surface area contributed by atoms with Crippen LogP contribution in [0.3, 0.4) is 0 Å². The monoisotopic (exact) mass is 526 g/mol. The van der Waals surface area contributed by atoms with Crippen LogP contribution >= 0.6 is 0 Å². The van der Waals surface area contributed by atoms with Gasteiger partial charge in [0.2, 0.25) is 0 Å². The predicted octanol–water partition coefficient (Wildman–Crippen LogP) is 3.52. The van der Waals surface area contributed by atoms with Crippen molar-refractivity contribution in [3.8, 4) is 0 Å². The van der Waals surface area contributed by atoms with Crippen molar-refractivity contribution in [3.63, 3.8) is 0 Å². The van der Waals surface area contributed by atoms with E-state index in [4.69, 9.17) is 5.73 Å².